The molecule has 0 bridgehead atoms. The number of amides is 2. The van der Waals surface area contributed by atoms with Crippen LogP contribution in [0.25, 0.3) is 0 Å². The molecular weight excluding hydrogens is 250 g/mol. The summed E-state index contributed by atoms with van der Waals surface area (Å²) in [7, 11) is 0. The minimum Gasteiger partial charge on any atom is -0.480 e. The predicted molar refractivity (Wildman–Crippen MR) is 67.6 cm³/mol. The number of carbonyl (C=O) groups is 2. The average molecular weight is 269 g/mol. The number of carboxylic acid groups (broad SMARTS) is 1. The number of aromatic nitrogens is 3. The molecular formula is C11H19N5O3. The van der Waals surface area contributed by atoms with Crippen molar-refractivity contribution in [1.29, 1.82) is 0 Å². The minimum absolute atomic E-state index is 0.162. The van der Waals surface area contributed by atoms with E-state index in [-0.39, 0.29) is 18.6 Å². The quantitative estimate of drug-likeness (QED) is 0.614. The Kier molecular flexibility index (Phi) is 5.77. The molecule has 0 saturated carbocycles. The van der Waals surface area contributed by atoms with Gasteiger partial charge in [0, 0.05) is 19.0 Å². The molecule has 3 N–H and O–H groups in total. The summed E-state index contributed by atoms with van der Waals surface area (Å²) in [6.07, 6.45) is 2.82. The van der Waals surface area contributed by atoms with Gasteiger partial charge in [-0.2, -0.15) is 5.10 Å². The Balaban J connectivity index is 2.29. The van der Waals surface area contributed by atoms with Crippen LogP contribution < -0.4 is 5.32 Å². The van der Waals surface area contributed by atoms with Crippen molar-refractivity contribution in [2.45, 2.75) is 32.7 Å². The van der Waals surface area contributed by atoms with Crippen LogP contribution in [0, 0.1) is 0 Å². The number of aryl methyl sites for hydroxylation is 1. The maximum Gasteiger partial charge on any atom is 0.323 e. The molecule has 8 heteroatoms. The van der Waals surface area contributed by atoms with Gasteiger partial charge in [-0.25, -0.2) is 9.78 Å². The van der Waals surface area contributed by atoms with Crippen LogP contribution in [-0.4, -0.2) is 56.3 Å². The molecule has 0 spiro atoms. The highest BCUT2D eigenvalue weighted by atomic mass is 16.4. The van der Waals surface area contributed by atoms with Gasteiger partial charge < -0.3 is 15.3 Å². The van der Waals surface area contributed by atoms with Gasteiger partial charge in [0.25, 0.3) is 0 Å². The summed E-state index contributed by atoms with van der Waals surface area (Å²) in [6, 6.07) is -0.527. The molecule has 0 radical (unpaired) electrons. The smallest absolute Gasteiger partial charge is 0.323 e. The van der Waals surface area contributed by atoms with Gasteiger partial charge in [-0.3, -0.25) is 9.89 Å². The van der Waals surface area contributed by atoms with E-state index in [1.165, 1.54) is 11.2 Å². The van der Waals surface area contributed by atoms with Crippen LogP contribution in [0.3, 0.4) is 0 Å². The second-order valence-corrected chi connectivity index (χ2v) is 4.38. The Labute approximate surface area is 111 Å². The van der Waals surface area contributed by atoms with Crippen molar-refractivity contribution < 1.29 is 14.7 Å². The molecule has 1 rings (SSSR count). The Bertz CT molecular complexity index is 404. The summed E-state index contributed by atoms with van der Waals surface area (Å²) in [4.78, 5) is 27.7. The van der Waals surface area contributed by atoms with Gasteiger partial charge in [-0.05, 0) is 20.3 Å². The highest BCUT2D eigenvalue weighted by Gasteiger charge is 2.19. The third-order valence-corrected chi connectivity index (χ3v) is 2.52. The summed E-state index contributed by atoms with van der Waals surface area (Å²) >= 11 is 0. The van der Waals surface area contributed by atoms with E-state index in [1.807, 2.05) is 0 Å². The predicted octanol–water partition coefficient (Wildman–Crippen LogP) is 0.242. The van der Waals surface area contributed by atoms with E-state index in [4.69, 9.17) is 5.11 Å². The van der Waals surface area contributed by atoms with Crippen LogP contribution in [0.2, 0.25) is 0 Å². The topological polar surface area (TPSA) is 111 Å². The zero-order valence-electron chi connectivity index (χ0n) is 11.1. The van der Waals surface area contributed by atoms with Crippen LogP contribution in [-0.2, 0) is 11.2 Å². The molecule has 0 fully saturated rings. The normalized spacial score (nSPS) is 10.5. The molecule has 19 heavy (non-hydrogen) atoms. The zero-order chi connectivity index (χ0) is 14.3. The Morgan fingerprint density at radius 1 is 1.53 bits per heavy atom. The molecule has 2 amide bonds. The fraction of sp³-hybridized carbons (Fsp3) is 0.636. The van der Waals surface area contributed by atoms with Crippen molar-refractivity contribution in [1.82, 2.24) is 25.4 Å². The molecule has 1 aromatic rings. The Morgan fingerprint density at radius 3 is 2.79 bits per heavy atom. The molecule has 1 aromatic heterocycles. The minimum atomic E-state index is -1.02. The van der Waals surface area contributed by atoms with Gasteiger partial charge in [0.2, 0.25) is 0 Å². The molecule has 0 unspecified atom stereocenters. The summed E-state index contributed by atoms with van der Waals surface area (Å²) in [5, 5.41) is 17.9. The highest BCUT2D eigenvalue weighted by Crippen LogP contribution is 1.99. The standard InChI is InChI=1S/C11H19N5O3/c1-8(2)16(6-10(17)18)11(19)12-5-3-4-9-13-7-14-15-9/h7-8H,3-6H2,1-2H3,(H,12,19)(H,17,18)(H,13,14,15). The summed E-state index contributed by atoms with van der Waals surface area (Å²) in [6.45, 7) is 3.71. The molecule has 0 aromatic carbocycles. The van der Waals surface area contributed by atoms with Crippen LogP contribution in [0.15, 0.2) is 6.33 Å². The fourth-order valence-electron chi connectivity index (χ4n) is 1.54. The number of hydrogen-bond acceptors (Lipinski definition) is 4. The first kappa shape index (κ1) is 14.9. The number of aliphatic carboxylic acids is 1. The first-order valence-electron chi connectivity index (χ1n) is 6.11. The van der Waals surface area contributed by atoms with Gasteiger partial charge in [0.15, 0.2) is 0 Å². The lowest BCUT2D eigenvalue weighted by Crippen LogP contribution is -2.46. The maximum absolute atomic E-state index is 11.8. The van der Waals surface area contributed by atoms with E-state index in [2.05, 4.69) is 20.5 Å². The van der Waals surface area contributed by atoms with Gasteiger partial charge in [0.1, 0.15) is 18.7 Å². The van der Waals surface area contributed by atoms with Crippen LogP contribution in [0.1, 0.15) is 26.1 Å². The lowest BCUT2D eigenvalue weighted by molar-refractivity contribution is -0.138. The number of carboxylic acids is 1. The van der Waals surface area contributed by atoms with Crippen molar-refractivity contribution in [3.8, 4) is 0 Å². The molecule has 0 aliphatic rings. The van der Waals surface area contributed by atoms with Crippen molar-refractivity contribution in [2.24, 2.45) is 0 Å². The Morgan fingerprint density at radius 2 is 2.26 bits per heavy atom. The maximum atomic E-state index is 11.8. The number of H-pyrrole nitrogens is 1. The van der Waals surface area contributed by atoms with Gasteiger partial charge >= 0.3 is 12.0 Å². The molecule has 0 saturated heterocycles. The third kappa shape index (κ3) is 5.36. The molecule has 8 nitrogen and oxygen atoms in total. The molecule has 106 valence electrons. The van der Waals surface area contributed by atoms with Crippen molar-refractivity contribution in [3.05, 3.63) is 12.2 Å². The monoisotopic (exact) mass is 269 g/mol. The number of nitrogens with zero attached hydrogens (tertiary/aromatic N) is 3. The third-order valence-electron chi connectivity index (χ3n) is 2.52. The molecule has 0 aliphatic heterocycles. The number of aromatic amines is 1. The lowest BCUT2D eigenvalue weighted by Gasteiger charge is -2.25. The van der Waals surface area contributed by atoms with Crippen molar-refractivity contribution in [3.63, 3.8) is 0 Å². The number of urea groups is 1. The van der Waals surface area contributed by atoms with Gasteiger partial charge in [-0.15, -0.1) is 0 Å². The highest BCUT2D eigenvalue weighted by molar-refractivity contribution is 5.80. The van der Waals surface area contributed by atoms with E-state index in [0.29, 0.717) is 19.4 Å². The second kappa shape index (κ2) is 7.34. The van der Waals surface area contributed by atoms with Gasteiger partial charge in [0.05, 0.1) is 0 Å². The Hall–Kier alpha value is -2.12. The number of carbonyl (C=O) groups excluding carboxylic acids is 1. The summed E-state index contributed by atoms with van der Waals surface area (Å²) < 4.78 is 0. The summed E-state index contributed by atoms with van der Waals surface area (Å²) in [5.74, 6) is -0.258. The van der Waals surface area contributed by atoms with E-state index in [0.717, 1.165) is 5.82 Å². The summed E-state index contributed by atoms with van der Waals surface area (Å²) in [5.41, 5.74) is 0. The largest absolute Gasteiger partial charge is 0.480 e. The molecule has 0 aliphatic carbocycles. The molecule has 1 heterocycles. The van der Waals surface area contributed by atoms with E-state index in [1.54, 1.807) is 13.8 Å². The first-order valence-corrected chi connectivity index (χ1v) is 6.11. The van der Waals surface area contributed by atoms with Gasteiger partial charge in [-0.1, -0.05) is 0 Å². The zero-order valence-corrected chi connectivity index (χ0v) is 11.1. The van der Waals surface area contributed by atoms with Crippen molar-refractivity contribution >= 4 is 12.0 Å². The van der Waals surface area contributed by atoms with Crippen LogP contribution >= 0.6 is 0 Å². The lowest BCUT2D eigenvalue weighted by atomic mass is 10.3. The van der Waals surface area contributed by atoms with E-state index >= 15 is 0 Å². The van der Waals surface area contributed by atoms with E-state index < -0.39 is 5.97 Å². The van der Waals surface area contributed by atoms with Crippen molar-refractivity contribution in [2.75, 3.05) is 13.1 Å². The number of nitrogens with one attached hydrogen (secondary N) is 2. The van der Waals surface area contributed by atoms with Crippen LogP contribution in [0.4, 0.5) is 4.79 Å². The molecule has 0 atom stereocenters. The van der Waals surface area contributed by atoms with Crippen LogP contribution in [0.5, 0.6) is 0 Å². The SMILES string of the molecule is CC(C)N(CC(=O)O)C(=O)NCCCc1ncn[nH]1. The number of hydrogen-bond donors (Lipinski definition) is 3. The van der Waals surface area contributed by atoms with E-state index in [9.17, 15) is 9.59 Å². The second-order valence-electron chi connectivity index (χ2n) is 4.38. The fourth-order valence-corrected chi connectivity index (χ4v) is 1.54. The first-order chi connectivity index (χ1) is 9.00. The average Bonchev–Trinajstić information content (AvgIpc) is 2.83. The number of rotatable bonds is 7.